The minimum absolute atomic E-state index is 0.0299. The minimum Gasteiger partial charge on any atom is -0.382 e. The Kier molecular flexibility index (Phi) is 5.33. The Morgan fingerprint density at radius 2 is 2.20 bits per heavy atom. The van der Waals surface area contributed by atoms with E-state index in [0.717, 1.165) is 12.8 Å². The topological polar surface area (TPSA) is 105 Å². The van der Waals surface area contributed by atoms with Crippen LogP contribution in [0.3, 0.4) is 0 Å². The zero-order chi connectivity index (χ0) is 14.5. The van der Waals surface area contributed by atoms with Gasteiger partial charge in [-0.2, -0.15) is 0 Å². The van der Waals surface area contributed by atoms with Gasteiger partial charge in [0.05, 0.1) is 13.2 Å². The lowest BCUT2D eigenvalue weighted by Gasteiger charge is -2.31. The summed E-state index contributed by atoms with van der Waals surface area (Å²) in [7, 11) is 0. The number of carbonyl (C=O) groups is 2. The second kappa shape index (κ2) is 7.01. The quantitative estimate of drug-likeness (QED) is 0.580. The summed E-state index contributed by atoms with van der Waals surface area (Å²) in [6, 6.07) is -0.709. The second-order valence-corrected chi connectivity index (χ2v) is 5.41. The third-order valence-corrected chi connectivity index (χ3v) is 3.94. The summed E-state index contributed by atoms with van der Waals surface area (Å²) in [5.41, 5.74) is 5.91. The summed E-state index contributed by atoms with van der Waals surface area (Å²) in [4.78, 5) is 25.3. The minimum atomic E-state index is -1.25. The summed E-state index contributed by atoms with van der Waals surface area (Å²) < 4.78 is 5.17. The average molecular weight is 285 g/mol. The highest BCUT2D eigenvalue weighted by atomic mass is 16.5. The largest absolute Gasteiger partial charge is 0.382 e. The highest BCUT2D eigenvalue weighted by Gasteiger charge is 2.32. The normalized spacial score (nSPS) is 26.8. The van der Waals surface area contributed by atoms with Gasteiger partial charge in [-0.15, -0.1) is 0 Å². The third-order valence-electron chi connectivity index (χ3n) is 3.94. The maximum Gasteiger partial charge on any atom is 0.253 e. The van der Waals surface area contributed by atoms with Crippen LogP contribution in [0.15, 0.2) is 0 Å². The monoisotopic (exact) mass is 285 g/mol. The Hall–Kier alpha value is -1.18. The number of piperidine rings is 1. The molecule has 2 aliphatic rings. The van der Waals surface area contributed by atoms with Gasteiger partial charge in [-0.25, -0.2) is 0 Å². The Labute approximate surface area is 118 Å². The molecule has 2 heterocycles. The first-order chi connectivity index (χ1) is 9.59. The van der Waals surface area contributed by atoms with Gasteiger partial charge in [0.25, 0.3) is 5.91 Å². The molecule has 0 aromatic heterocycles. The first kappa shape index (κ1) is 15.2. The molecule has 4 N–H and O–H groups in total. The molecular formula is C13H23N3O4. The molecule has 0 saturated carbocycles. The van der Waals surface area contributed by atoms with Crippen LogP contribution in [-0.4, -0.2) is 66.8 Å². The fourth-order valence-corrected chi connectivity index (χ4v) is 2.67. The zero-order valence-corrected chi connectivity index (χ0v) is 11.6. The maximum absolute atomic E-state index is 12.1. The second-order valence-electron chi connectivity index (χ2n) is 5.41. The molecule has 20 heavy (non-hydrogen) atoms. The molecule has 2 saturated heterocycles. The van der Waals surface area contributed by atoms with E-state index in [9.17, 15) is 14.7 Å². The van der Waals surface area contributed by atoms with Crippen molar-refractivity contribution in [2.24, 2.45) is 11.7 Å². The summed E-state index contributed by atoms with van der Waals surface area (Å²) >= 11 is 0. The van der Waals surface area contributed by atoms with E-state index in [4.69, 9.17) is 10.5 Å². The van der Waals surface area contributed by atoms with Crippen molar-refractivity contribution in [3.05, 3.63) is 0 Å². The Bertz CT molecular complexity index is 358. The van der Waals surface area contributed by atoms with Crippen LogP contribution < -0.4 is 11.1 Å². The molecule has 0 bridgehead atoms. The van der Waals surface area contributed by atoms with E-state index in [1.807, 2.05) is 0 Å². The Morgan fingerprint density at radius 3 is 2.85 bits per heavy atom. The highest BCUT2D eigenvalue weighted by Crippen LogP contribution is 2.18. The van der Waals surface area contributed by atoms with E-state index in [-0.39, 0.29) is 17.7 Å². The summed E-state index contributed by atoms with van der Waals surface area (Å²) in [6.45, 7) is 2.62. The SMILES string of the molecule is N[C@@H](C[C@@H]1CCCNC1=O)C(O)C(=O)N1CCOCC1. The Balaban J connectivity index is 1.85. The van der Waals surface area contributed by atoms with E-state index in [0.29, 0.717) is 39.3 Å². The van der Waals surface area contributed by atoms with Crippen molar-refractivity contribution < 1.29 is 19.4 Å². The fraction of sp³-hybridized carbons (Fsp3) is 0.846. The van der Waals surface area contributed by atoms with Crippen LogP contribution in [0.1, 0.15) is 19.3 Å². The number of rotatable bonds is 4. The van der Waals surface area contributed by atoms with Gasteiger partial charge in [0.1, 0.15) is 6.10 Å². The molecular weight excluding hydrogens is 262 g/mol. The Morgan fingerprint density at radius 1 is 1.50 bits per heavy atom. The predicted molar refractivity (Wildman–Crippen MR) is 71.7 cm³/mol. The third kappa shape index (κ3) is 3.68. The molecule has 0 aromatic rings. The van der Waals surface area contributed by atoms with Crippen molar-refractivity contribution in [2.75, 3.05) is 32.8 Å². The number of hydrogen-bond acceptors (Lipinski definition) is 5. The van der Waals surface area contributed by atoms with Gasteiger partial charge in [0, 0.05) is 31.6 Å². The number of hydrogen-bond donors (Lipinski definition) is 3. The molecule has 2 fully saturated rings. The molecule has 7 heteroatoms. The van der Waals surface area contributed by atoms with E-state index in [1.54, 1.807) is 4.90 Å². The van der Waals surface area contributed by atoms with Crippen LogP contribution in [0.2, 0.25) is 0 Å². The van der Waals surface area contributed by atoms with Crippen molar-refractivity contribution in [2.45, 2.75) is 31.4 Å². The lowest BCUT2D eigenvalue weighted by molar-refractivity contribution is -0.146. The lowest BCUT2D eigenvalue weighted by Crippen LogP contribution is -2.52. The van der Waals surface area contributed by atoms with Crippen molar-refractivity contribution >= 4 is 11.8 Å². The van der Waals surface area contributed by atoms with Gasteiger partial charge in [-0.05, 0) is 19.3 Å². The van der Waals surface area contributed by atoms with Crippen LogP contribution in [0.4, 0.5) is 0 Å². The molecule has 2 rings (SSSR count). The van der Waals surface area contributed by atoms with Crippen molar-refractivity contribution in [3.8, 4) is 0 Å². The molecule has 0 aromatic carbocycles. The maximum atomic E-state index is 12.1. The number of amides is 2. The first-order valence-corrected chi connectivity index (χ1v) is 7.17. The van der Waals surface area contributed by atoms with E-state index in [1.165, 1.54) is 0 Å². The number of nitrogens with one attached hydrogen (secondary N) is 1. The van der Waals surface area contributed by atoms with Crippen LogP contribution in [0.5, 0.6) is 0 Å². The number of ether oxygens (including phenoxy) is 1. The molecule has 0 aliphatic carbocycles. The number of aliphatic hydroxyl groups is 1. The molecule has 1 unspecified atom stereocenters. The van der Waals surface area contributed by atoms with Crippen molar-refractivity contribution in [3.63, 3.8) is 0 Å². The van der Waals surface area contributed by atoms with Gasteiger partial charge < -0.3 is 25.8 Å². The average Bonchev–Trinajstić information content (AvgIpc) is 2.49. The number of nitrogens with zero attached hydrogens (tertiary/aromatic N) is 1. The molecule has 2 aliphatic heterocycles. The van der Waals surface area contributed by atoms with E-state index in [2.05, 4.69) is 5.32 Å². The van der Waals surface area contributed by atoms with Gasteiger partial charge in [-0.1, -0.05) is 0 Å². The summed E-state index contributed by atoms with van der Waals surface area (Å²) in [5, 5.41) is 12.8. The summed E-state index contributed by atoms with van der Waals surface area (Å²) in [6.07, 6.45) is 0.764. The summed E-state index contributed by atoms with van der Waals surface area (Å²) in [5.74, 6) is -0.597. The van der Waals surface area contributed by atoms with E-state index >= 15 is 0 Å². The molecule has 2 amide bonds. The van der Waals surface area contributed by atoms with Gasteiger partial charge >= 0.3 is 0 Å². The number of morpholine rings is 1. The van der Waals surface area contributed by atoms with Crippen LogP contribution >= 0.6 is 0 Å². The van der Waals surface area contributed by atoms with Crippen molar-refractivity contribution in [1.29, 1.82) is 0 Å². The van der Waals surface area contributed by atoms with Gasteiger partial charge in [0.15, 0.2) is 0 Å². The standard InChI is InChI=1S/C13H23N3O4/c14-10(8-9-2-1-3-15-12(9)18)11(17)13(19)16-4-6-20-7-5-16/h9-11,17H,1-8,14H2,(H,15,18)/t9-,10-,11?/m0/s1. The highest BCUT2D eigenvalue weighted by molar-refractivity contribution is 5.82. The van der Waals surface area contributed by atoms with Gasteiger partial charge in [-0.3, -0.25) is 9.59 Å². The molecule has 7 nitrogen and oxygen atoms in total. The van der Waals surface area contributed by atoms with Crippen LogP contribution in [0, 0.1) is 5.92 Å². The fourth-order valence-electron chi connectivity index (χ4n) is 2.67. The van der Waals surface area contributed by atoms with Crippen LogP contribution in [0.25, 0.3) is 0 Å². The molecule has 0 spiro atoms. The van der Waals surface area contributed by atoms with Crippen LogP contribution in [-0.2, 0) is 14.3 Å². The van der Waals surface area contributed by atoms with E-state index < -0.39 is 12.1 Å². The number of aliphatic hydroxyl groups excluding tert-OH is 1. The first-order valence-electron chi connectivity index (χ1n) is 7.17. The lowest BCUT2D eigenvalue weighted by atomic mass is 9.89. The predicted octanol–water partition coefficient (Wildman–Crippen LogP) is -1.55. The molecule has 3 atom stereocenters. The molecule has 0 radical (unpaired) electrons. The van der Waals surface area contributed by atoms with Gasteiger partial charge in [0.2, 0.25) is 5.91 Å². The zero-order valence-electron chi connectivity index (χ0n) is 11.6. The van der Waals surface area contributed by atoms with Crippen molar-refractivity contribution in [1.82, 2.24) is 10.2 Å². The smallest absolute Gasteiger partial charge is 0.253 e. The number of nitrogens with two attached hydrogens (primary N) is 1. The molecule has 114 valence electrons. The number of carbonyl (C=O) groups excluding carboxylic acids is 2.